The molecule has 1 N–H and O–H groups in total. The highest BCUT2D eigenvalue weighted by atomic mass is 32.2. The molecule has 0 bridgehead atoms. The Morgan fingerprint density at radius 2 is 1.96 bits per heavy atom. The van der Waals surface area contributed by atoms with Crippen molar-refractivity contribution < 1.29 is 8.95 Å². The molecule has 6 nitrogen and oxygen atoms in total. The van der Waals surface area contributed by atoms with Crippen LogP contribution in [-0.4, -0.2) is 32.1 Å². The zero-order chi connectivity index (χ0) is 18.3. The van der Waals surface area contributed by atoms with Crippen LogP contribution in [0.1, 0.15) is 5.56 Å². The average molecular weight is 367 g/mol. The number of aromatic nitrogens is 3. The quantitative estimate of drug-likeness (QED) is 0.602. The lowest BCUT2D eigenvalue weighted by Crippen LogP contribution is -2.17. The van der Waals surface area contributed by atoms with Crippen molar-refractivity contribution in [3.63, 3.8) is 0 Å². The Morgan fingerprint density at radius 1 is 1.19 bits per heavy atom. The van der Waals surface area contributed by atoms with Crippen molar-refractivity contribution in [1.82, 2.24) is 14.5 Å². The van der Waals surface area contributed by atoms with Gasteiger partial charge in [0.05, 0.1) is 36.4 Å². The molecule has 0 fully saturated rings. The van der Waals surface area contributed by atoms with Crippen LogP contribution in [0.25, 0.3) is 21.9 Å². The summed E-state index contributed by atoms with van der Waals surface area (Å²) >= 11 is 0. The Kier molecular flexibility index (Phi) is 4.08. The summed E-state index contributed by atoms with van der Waals surface area (Å²) in [6.07, 6.45) is 3.31. The molecule has 0 saturated heterocycles. The highest BCUT2D eigenvalue weighted by Crippen LogP contribution is 2.25. The van der Waals surface area contributed by atoms with Gasteiger partial charge >= 0.3 is 5.69 Å². The minimum Gasteiger partial charge on any atom is -0.497 e. The third-order valence-corrected chi connectivity index (χ3v) is 5.34. The first-order chi connectivity index (χ1) is 12.6. The fraction of sp³-hybridized carbons (Fsp3) is 0.158. The van der Waals surface area contributed by atoms with Crippen LogP contribution >= 0.6 is 0 Å². The molecule has 0 spiro atoms. The van der Waals surface area contributed by atoms with E-state index in [1.165, 1.54) is 0 Å². The Bertz CT molecular complexity index is 1190. The molecule has 1 atom stereocenters. The topological polar surface area (TPSA) is 77.0 Å². The van der Waals surface area contributed by atoms with Gasteiger partial charge in [-0.1, -0.05) is 12.1 Å². The second kappa shape index (κ2) is 6.42. The van der Waals surface area contributed by atoms with Crippen LogP contribution in [0.15, 0.2) is 58.4 Å². The molecule has 4 aromatic rings. The number of hydrogen-bond acceptors (Lipinski definition) is 4. The SMILES string of the molecule is COc1ccc2c(c1)ncc1[nH]c(=O)n(Cc3ccc(S(C)=O)cc3)c12. The zero-order valence-corrected chi connectivity index (χ0v) is 15.2. The van der Waals surface area contributed by atoms with Crippen molar-refractivity contribution in [3.05, 3.63) is 64.7 Å². The third-order valence-electron chi connectivity index (χ3n) is 4.40. The van der Waals surface area contributed by atoms with Crippen LogP contribution in [0.2, 0.25) is 0 Å². The summed E-state index contributed by atoms with van der Waals surface area (Å²) in [7, 11) is 0.591. The van der Waals surface area contributed by atoms with Gasteiger partial charge in [-0.2, -0.15) is 0 Å². The number of imidazole rings is 1. The van der Waals surface area contributed by atoms with E-state index in [0.717, 1.165) is 32.6 Å². The number of aromatic amines is 1. The van der Waals surface area contributed by atoms with Gasteiger partial charge < -0.3 is 9.72 Å². The van der Waals surface area contributed by atoms with E-state index in [0.29, 0.717) is 12.1 Å². The predicted octanol–water partition coefficient (Wildman–Crippen LogP) is 2.67. The van der Waals surface area contributed by atoms with E-state index in [-0.39, 0.29) is 5.69 Å². The Balaban J connectivity index is 1.86. The number of methoxy groups -OCH3 is 1. The highest BCUT2D eigenvalue weighted by molar-refractivity contribution is 7.84. The molecule has 2 aromatic carbocycles. The highest BCUT2D eigenvalue weighted by Gasteiger charge is 2.12. The predicted molar refractivity (Wildman–Crippen MR) is 102 cm³/mol. The van der Waals surface area contributed by atoms with Gasteiger partial charge in [0.15, 0.2) is 0 Å². The molecule has 0 aliphatic carbocycles. The van der Waals surface area contributed by atoms with Gasteiger partial charge in [-0.05, 0) is 29.8 Å². The fourth-order valence-corrected chi connectivity index (χ4v) is 3.59. The van der Waals surface area contributed by atoms with Crippen LogP contribution in [-0.2, 0) is 17.3 Å². The molecule has 26 heavy (non-hydrogen) atoms. The maximum atomic E-state index is 12.5. The van der Waals surface area contributed by atoms with Gasteiger partial charge in [-0.3, -0.25) is 13.8 Å². The molecular formula is C19H17N3O3S. The average Bonchev–Trinajstić information content (AvgIpc) is 2.97. The van der Waals surface area contributed by atoms with Crippen LogP contribution in [0.4, 0.5) is 0 Å². The lowest BCUT2D eigenvalue weighted by atomic mass is 10.1. The molecule has 4 rings (SSSR count). The number of nitrogens with zero attached hydrogens (tertiary/aromatic N) is 2. The number of fused-ring (bicyclic) bond motifs is 3. The molecule has 1 unspecified atom stereocenters. The van der Waals surface area contributed by atoms with Gasteiger partial charge in [0, 0.05) is 33.4 Å². The van der Waals surface area contributed by atoms with Crippen LogP contribution in [0.5, 0.6) is 5.75 Å². The number of ether oxygens (including phenoxy) is 1. The number of pyridine rings is 1. The molecule has 2 aromatic heterocycles. The van der Waals surface area contributed by atoms with E-state index >= 15 is 0 Å². The number of H-pyrrole nitrogens is 1. The summed E-state index contributed by atoms with van der Waals surface area (Å²) in [5, 5.41) is 0.882. The van der Waals surface area contributed by atoms with Gasteiger partial charge in [-0.25, -0.2) is 4.79 Å². The molecule has 0 aliphatic heterocycles. The van der Waals surface area contributed by atoms with Crippen molar-refractivity contribution in [2.45, 2.75) is 11.4 Å². The first-order valence-electron chi connectivity index (χ1n) is 8.04. The molecule has 0 saturated carbocycles. The third kappa shape index (κ3) is 2.80. The maximum Gasteiger partial charge on any atom is 0.326 e. The summed E-state index contributed by atoms with van der Waals surface area (Å²) < 4.78 is 18.5. The number of nitrogens with one attached hydrogen (secondary N) is 1. The van der Waals surface area contributed by atoms with Crippen molar-refractivity contribution in [1.29, 1.82) is 0 Å². The first-order valence-corrected chi connectivity index (χ1v) is 9.60. The normalized spacial score (nSPS) is 12.5. The smallest absolute Gasteiger partial charge is 0.326 e. The number of hydrogen-bond donors (Lipinski definition) is 1. The molecule has 2 heterocycles. The second-order valence-electron chi connectivity index (χ2n) is 6.02. The van der Waals surface area contributed by atoms with E-state index in [1.54, 1.807) is 24.1 Å². The minimum absolute atomic E-state index is 0.187. The van der Waals surface area contributed by atoms with E-state index in [9.17, 15) is 9.00 Å². The molecule has 0 aliphatic rings. The summed E-state index contributed by atoms with van der Waals surface area (Å²) in [6, 6.07) is 13.1. The summed E-state index contributed by atoms with van der Waals surface area (Å²) in [6.45, 7) is 0.417. The summed E-state index contributed by atoms with van der Waals surface area (Å²) in [4.78, 5) is 20.5. The van der Waals surface area contributed by atoms with E-state index in [2.05, 4.69) is 9.97 Å². The standard InChI is InChI=1S/C19H17N3O3S/c1-25-13-5-8-15-16(9-13)20-10-17-18(15)22(19(23)21-17)11-12-3-6-14(7-4-12)26(2)24/h3-10H,11H2,1-2H3,(H,21,23). The van der Waals surface area contributed by atoms with Crippen molar-refractivity contribution >= 4 is 32.7 Å². The van der Waals surface area contributed by atoms with Gasteiger partial charge in [0.2, 0.25) is 0 Å². The fourth-order valence-electron chi connectivity index (χ4n) is 3.07. The summed E-state index contributed by atoms with van der Waals surface area (Å²) in [5.41, 5.74) is 3.04. The maximum absolute atomic E-state index is 12.5. The van der Waals surface area contributed by atoms with E-state index < -0.39 is 10.8 Å². The van der Waals surface area contributed by atoms with E-state index in [1.807, 2.05) is 42.5 Å². The Hall–Kier alpha value is -2.93. The van der Waals surface area contributed by atoms with Crippen LogP contribution in [0, 0.1) is 0 Å². The van der Waals surface area contributed by atoms with Gasteiger partial charge in [0.1, 0.15) is 5.75 Å². The first kappa shape index (κ1) is 16.5. The Labute approximate surface area is 151 Å². The lowest BCUT2D eigenvalue weighted by molar-refractivity contribution is 0.415. The van der Waals surface area contributed by atoms with Gasteiger partial charge in [0.25, 0.3) is 0 Å². The van der Waals surface area contributed by atoms with Crippen molar-refractivity contribution in [3.8, 4) is 5.75 Å². The lowest BCUT2D eigenvalue weighted by Gasteiger charge is -2.08. The largest absolute Gasteiger partial charge is 0.497 e. The molecule has 132 valence electrons. The number of benzene rings is 2. The zero-order valence-electron chi connectivity index (χ0n) is 14.4. The molecule has 0 radical (unpaired) electrons. The minimum atomic E-state index is -1.02. The van der Waals surface area contributed by atoms with Crippen molar-refractivity contribution in [2.75, 3.05) is 13.4 Å². The van der Waals surface area contributed by atoms with Crippen LogP contribution < -0.4 is 10.4 Å². The molecule has 0 amide bonds. The summed E-state index contributed by atoms with van der Waals surface area (Å²) in [5.74, 6) is 0.719. The van der Waals surface area contributed by atoms with Crippen LogP contribution in [0.3, 0.4) is 0 Å². The van der Waals surface area contributed by atoms with Crippen molar-refractivity contribution in [2.24, 2.45) is 0 Å². The molecular weight excluding hydrogens is 350 g/mol. The monoisotopic (exact) mass is 367 g/mol. The molecule has 7 heteroatoms. The number of rotatable bonds is 4. The van der Waals surface area contributed by atoms with E-state index in [4.69, 9.17) is 4.74 Å². The Morgan fingerprint density at radius 3 is 2.65 bits per heavy atom. The van der Waals surface area contributed by atoms with Gasteiger partial charge in [-0.15, -0.1) is 0 Å². The second-order valence-corrected chi connectivity index (χ2v) is 7.40.